The van der Waals surface area contributed by atoms with Crippen molar-refractivity contribution in [3.05, 3.63) is 65.2 Å². The molecule has 0 atom stereocenters. The molecule has 0 radical (unpaired) electrons. The summed E-state index contributed by atoms with van der Waals surface area (Å²) >= 11 is 6.36. The Morgan fingerprint density at radius 2 is 1.76 bits per heavy atom. The lowest BCUT2D eigenvalue weighted by Gasteiger charge is -2.33. The van der Waals surface area contributed by atoms with Gasteiger partial charge in [0.1, 0.15) is 11.6 Å². The Morgan fingerprint density at radius 1 is 1.05 bits per heavy atom. The average molecular weight is 563 g/mol. The molecule has 0 aliphatic carbocycles. The molecule has 0 saturated carbocycles. The maximum Gasteiger partial charge on any atom is 0.387 e. The number of alkyl halides is 2. The number of hydrogen-bond acceptors (Lipinski definition) is 7. The van der Waals surface area contributed by atoms with Gasteiger partial charge in [0.15, 0.2) is 0 Å². The Kier molecular flexibility index (Phi) is 7.21. The minimum absolute atomic E-state index is 0.0197. The van der Waals surface area contributed by atoms with Gasteiger partial charge in [0.2, 0.25) is 16.0 Å². The van der Waals surface area contributed by atoms with E-state index in [-0.39, 0.29) is 12.3 Å². The molecule has 3 heterocycles. The minimum Gasteiger partial charge on any atom is -0.434 e. The van der Waals surface area contributed by atoms with Gasteiger partial charge in [-0.15, -0.1) is 0 Å². The van der Waals surface area contributed by atoms with Crippen LogP contribution in [0, 0.1) is 6.92 Å². The molecule has 38 heavy (non-hydrogen) atoms. The zero-order valence-corrected chi connectivity index (χ0v) is 22.3. The number of ether oxygens (including phenoxy) is 1. The van der Waals surface area contributed by atoms with Gasteiger partial charge in [-0.3, -0.25) is 0 Å². The lowest BCUT2D eigenvalue weighted by Crippen LogP contribution is -2.48. The van der Waals surface area contributed by atoms with E-state index in [2.05, 4.69) is 15.0 Å². The zero-order valence-electron chi connectivity index (χ0n) is 20.7. The maximum absolute atomic E-state index is 13.0. The van der Waals surface area contributed by atoms with E-state index < -0.39 is 16.6 Å². The SMILES string of the molecule is Cc1nc2ccc(-c3cnc(N4CCN(S(C)(=O)=O)CC4)nc3)cc2n1Cc1c(Cl)cccc1OC(F)F. The Hall–Kier alpha value is -3.35. The third-order valence-corrected chi connectivity index (χ3v) is 8.17. The number of sulfonamides is 1. The van der Waals surface area contributed by atoms with Gasteiger partial charge in [0, 0.05) is 54.7 Å². The van der Waals surface area contributed by atoms with Crippen LogP contribution in [0.15, 0.2) is 48.8 Å². The predicted octanol–water partition coefficient (Wildman–Crippen LogP) is 4.19. The second-order valence-corrected chi connectivity index (χ2v) is 11.4. The molecule has 2 aromatic carbocycles. The fraction of sp³-hybridized carbons (Fsp3) is 0.320. The number of fused-ring (bicyclic) bond motifs is 1. The molecule has 0 unspecified atom stereocenters. The molecule has 0 N–H and O–H groups in total. The molecule has 1 aliphatic heterocycles. The number of benzene rings is 2. The number of aromatic nitrogens is 4. The summed E-state index contributed by atoms with van der Waals surface area (Å²) in [4.78, 5) is 15.6. The van der Waals surface area contributed by atoms with Crippen LogP contribution < -0.4 is 9.64 Å². The van der Waals surface area contributed by atoms with Gasteiger partial charge >= 0.3 is 6.61 Å². The topological polar surface area (TPSA) is 93.5 Å². The normalized spacial score (nSPS) is 14.9. The van der Waals surface area contributed by atoms with Crippen molar-refractivity contribution >= 4 is 38.6 Å². The highest BCUT2D eigenvalue weighted by Crippen LogP contribution is 2.31. The van der Waals surface area contributed by atoms with Crippen LogP contribution in [0.4, 0.5) is 14.7 Å². The summed E-state index contributed by atoms with van der Waals surface area (Å²) in [6.45, 7) is 0.866. The number of anilines is 1. The maximum atomic E-state index is 13.0. The largest absolute Gasteiger partial charge is 0.434 e. The summed E-state index contributed by atoms with van der Waals surface area (Å²) in [5.41, 5.74) is 3.62. The van der Waals surface area contributed by atoms with Gasteiger partial charge in [0.25, 0.3) is 0 Å². The Labute approximate surface area is 223 Å². The van der Waals surface area contributed by atoms with Crippen LogP contribution in [0.5, 0.6) is 5.75 Å². The average Bonchev–Trinajstić information content (AvgIpc) is 3.19. The number of nitrogens with zero attached hydrogens (tertiary/aromatic N) is 6. The van der Waals surface area contributed by atoms with Crippen molar-refractivity contribution in [1.82, 2.24) is 23.8 Å². The second kappa shape index (κ2) is 10.4. The predicted molar refractivity (Wildman–Crippen MR) is 141 cm³/mol. The number of aryl methyl sites for hydroxylation is 1. The monoisotopic (exact) mass is 562 g/mol. The van der Waals surface area contributed by atoms with Crippen LogP contribution in [0.2, 0.25) is 5.02 Å². The van der Waals surface area contributed by atoms with Crippen LogP contribution in [0.1, 0.15) is 11.4 Å². The van der Waals surface area contributed by atoms with Gasteiger partial charge in [-0.2, -0.15) is 13.1 Å². The fourth-order valence-corrected chi connectivity index (χ4v) is 5.58. The number of piperazine rings is 1. The van der Waals surface area contributed by atoms with Crippen LogP contribution in [-0.2, 0) is 16.6 Å². The summed E-state index contributed by atoms with van der Waals surface area (Å²) in [6.07, 6.45) is 4.66. The zero-order chi connectivity index (χ0) is 27.0. The molecule has 13 heteroatoms. The third kappa shape index (κ3) is 5.42. The molecule has 9 nitrogen and oxygen atoms in total. The fourth-order valence-electron chi connectivity index (χ4n) is 4.53. The molecular weight excluding hydrogens is 538 g/mol. The van der Waals surface area contributed by atoms with E-state index in [1.54, 1.807) is 24.5 Å². The van der Waals surface area contributed by atoms with E-state index in [0.29, 0.717) is 48.5 Å². The van der Waals surface area contributed by atoms with Crippen molar-refractivity contribution < 1.29 is 21.9 Å². The Balaban J connectivity index is 1.41. The molecule has 0 bridgehead atoms. The van der Waals surface area contributed by atoms with Gasteiger partial charge < -0.3 is 14.2 Å². The summed E-state index contributed by atoms with van der Waals surface area (Å²) in [5.74, 6) is 1.25. The first-order valence-corrected chi connectivity index (χ1v) is 14.0. The van der Waals surface area contributed by atoms with Gasteiger partial charge in [-0.1, -0.05) is 23.7 Å². The van der Waals surface area contributed by atoms with Crippen LogP contribution >= 0.6 is 11.6 Å². The van der Waals surface area contributed by atoms with Gasteiger partial charge in [-0.05, 0) is 36.8 Å². The first-order chi connectivity index (χ1) is 18.1. The standard InChI is InChI=1S/C25H25ClF2N6O3S/c1-16-31-21-7-6-17(12-22(21)34(16)15-19-20(26)4-3-5-23(19)37-24(27)28)18-13-29-25(30-14-18)32-8-10-33(11-9-32)38(2,35)36/h3-7,12-14,24H,8-11,15H2,1-2H3. The molecular formula is C25H25ClF2N6O3S. The Morgan fingerprint density at radius 3 is 2.42 bits per heavy atom. The molecule has 1 fully saturated rings. The van der Waals surface area contributed by atoms with E-state index in [1.807, 2.05) is 34.6 Å². The Bertz CT molecular complexity index is 1570. The van der Waals surface area contributed by atoms with Crippen LogP contribution in [-0.4, -0.2) is 71.3 Å². The van der Waals surface area contributed by atoms with Crippen molar-refractivity contribution in [2.45, 2.75) is 20.1 Å². The quantitative estimate of drug-likeness (QED) is 0.333. The summed E-state index contributed by atoms with van der Waals surface area (Å²) in [7, 11) is -3.21. The molecule has 4 aromatic rings. The van der Waals surface area contributed by atoms with Crippen molar-refractivity contribution in [3.63, 3.8) is 0 Å². The molecule has 0 amide bonds. The first-order valence-electron chi connectivity index (χ1n) is 11.8. The van der Waals surface area contributed by atoms with Crippen LogP contribution in [0.25, 0.3) is 22.2 Å². The highest BCUT2D eigenvalue weighted by atomic mass is 35.5. The van der Waals surface area contributed by atoms with Gasteiger partial charge in [-0.25, -0.2) is 23.4 Å². The molecule has 1 aliphatic rings. The third-order valence-electron chi connectivity index (χ3n) is 6.51. The van der Waals surface area contributed by atoms with E-state index >= 15 is 0 Å². The first kappa shape index (κ1) is 26.3. The van der Waals surface area contributed by atoms with E-state index in [1.165, 1.54) is 16.6 Å². The van der Waals surface area contributed by atoms with Crippen LogP contribution in [0.3, 0.4) is 0 Å². The van der Waals surface area contributed by atoms with E-state index in [0.717, 1.165) is 22.2 Å². The summed E-state index contributed by atoms with van der Waals surface area (Å²) in [5, 5.41) is 0.321. The smallest absolute Gasteiger partial charge is 0.387 e. The molecule has 2 aromatic heterocycles. The molecule has 200 valence electrons. The summed E-state index contributed by atoms with van der Waals surface area (Å²) in [6, 6.07) is 10.4. The van der Waals surface area contributed by atoms with Crippen molar-refractivity contribution in [2.24, 2.45) is 0 Å². The van der Waals surface area contributed by atoms with Gasteiger partial charge in [0.05, 0.1) is 23.8 Å². The molecule has 5 rings (SSSR count). The lowest BCUT2D eigenvalue weighted by atomic mass is 10.1. The lowest BCUT2D eigenvalue weighted by molar-refractivity contribution is -0.0504. The van der Waals surface area contributed by atoms with E-state index in [9.17, 15) is 17.2 Å². The van der Waals surface area contributed by atoms with Crippen molar-refractivity contribution in [1.29, 1.82) is 0 Å². The molecule has 1 saturated heterocycles. The summed E-state index contributed by atoms with van der Waals surface area (Å²) < 4.78 is 57.5. The highest BCUT2D eigenvalue weighted by Gasteiger charge is 2.24. The number of imidazole rings is 1. The highest BCUT2D eigenvalue weighted by molar-refractivity contribution is 7.88. The number of hydrogen-bond donors (Lipinski definition) is 0. The van der Waals surface area contributed by atoms with Crippen molar-refractivity contribution in [2.75, 3.05) is 37.3 Å². The van der Waals surface area contributed by atoms with E-state index in [4.69, 9.17) is 16.3 Å². The number of halogens is 3. The second-order valence-electron chi connectivity index (χ2n) is 8.96. The molecule has 0 spiro atoms. The number of rotatable bonds is 7. The van der Waals surface area contributed by atoms with Crippen molar-refractivity contribution in [3.8, 4) is 16.9 Å². The minimum atomic E-state index is -3.21.